The highest BCUT2D eigenvalue weighted by Crippen LogP contribution is 2.18. The van der Waals surface area contributed by atoms with Crippen LogP contribution in [0.3, 0.4) is 0 Å². The molecule has 0 spiro atoms. The van der Waals surface area contributed by atoms with Gasteiger partial charge >= 0.3 is 0 Å². The molecular weight excluding hydrogens is 300 g/mol. The fraction of sp³-hybridized carbons (Fsp3) is 0.250. The number of amides is 1. The lowest BCUT2D eigenvalue weighted by molar-refractivity contribution is 0.0963. The Balaban J connectivity index is 1.94. The fourth-order valence-electron chi connectivity index (χ4n) is 2.33. The molecule has 0 aliphatic carbocycles. The highest BCUT2D eigenvalue weighted by molar-refractivity contribution is 5.94. The average Bonchev–Trinajstić information content (AvgIpc) is 2.64. The molecule has 0 aromatic heterocycles. The van der Waals surface area contributed by atoms with Gasteiger partial charge in [0.25, 0.3) is 5.91 Å². The summed E-state index contributed by atoms with van der Waals surface area (Å²) in [4.78, 5) is 11.7. The van der Waals surface area contributed by atoms with E-state index in [2.05, 4.69) is 23.5 Å². The fourth-order valence-corrected chi connectivity index (χ4v) is 2.33. The van der Waals surface area contributed by atoms with Gasteiger partial charge in [-0.05, 0) is 42.3 Å². The summed E-state index contributed by atoms with van der Waals surface area (Å²) in [6.07, 6.45) is 5.18. The number of rotatable bonds is 7. The number of ether oxygens (including phenoxy) is 1. The second-order valence-corrected chi connectivity index (χ2v) is 5.44. The van der Waals surface area contributed by atoms with E-state index >= 15 is 0 Å². The lowest BCUT2D eigenvalue weighted by atomic mass is 10.1. The smallest absolute Gasteiger partial charge is 0.251 e. The molecule has 0 saturated carbocycles. The van der Waals surface area contributed by atoms with Crippen molar-refractivity contribution < 1.29 is 9.53 Å². The van der Waals surface area contributed by atoms with Gasteiger partial charge in [-0.25, -0.2) is 0 Å². The van der Waals surface area contributed by atoms with Crippen LogP contribution in [0.25, 0.3) is 0 Å². The van der Waals surface area contributed by atoms with Gasteiger partial charge in [-0.2, -0.15) is 0 Å². The van der Waals surface area contributed by atoms with E-state index < -0.39 is 0 Å². The van der Waals surface area contributed by atoms with Crippen molar-refractivity contribution in [2.45, 2.75) is 19.5 Å². The first-order chi connectivity index (χ1) is 11.6. The normalized spacial score (nSPS) is 11.4. The Morgan fingerprint density at radius 3 is 2.67 bits per heavy atom. The topological polar surface area (TPSA) is 50.4 Å². The Hall–Kier alpha value is -2.77. The standard InChI is InChI=1S/C20H22N2O2/c1-4-12-24-19-10-8-17(9-11-19)15(2)22-14-16-6-5-7-18(13-16)20(23)21-3/h1,5-11,13,15,22H,12,14H2,2-3H3,(H,21,23)/t15-/m0/s1. The summed E-state index contributed by atoms with van der Waals surface area (Å²) in [5, 5.41) is 6.09. The molecule has 0 fully saturated rings. The van der Waals surface area contributed by atoms with Gasteiger partial charge in [0.05, 0.1) is 0 Å². The van der Waals surface area contributed by atoms with Crippen molar-refractivity contribution in [3.05, 3.63) is 65.2 Å². The summed E-state index contributed by atoms with van der Waals surface area (Å²) in [6.45, 7) is 3.05. The van der Waals surface area contributed by atoms with Gasteiger partial charge in [0.1, 0.15) is 12.4 Å². The van der Waals surface area contributed by atoms with Gasteiger partial charge in [0, 0.05) is 25.2 Å². The number of nitrogens with one attached hydrogen (secondary N) is 2. The summed E-state index contributed by atoms with van der Waals surface area (Å²) in [6, 6.07) is 15.6. The molecule has 24 heavy (non-hydrogen) atoms. The molecule has 1 amide bonds. The van der Waals surface area contributed by atoms with E-state index in [1.165, 1.54) is 0 Å². The molecular formula is C20H22N2O2. The Morgan fingerprint density at radius 1 is 1.25 bits per heavy atom. The molecule has 0 unspecified atom stereocenters. The summed E-state index contributed by atoms with van der Waals surface area (Å²) in [5.74, 6) is 3.14. The first kappa shape index (κ1) is 17.6. The van der Waals surface area contributed by atoms with Crippen molar-refractivity contribution in [1.82, 2.24) is 10.6 Å². The van der Waals surface area contributed by atoms with Crippen LogP contribution in [-0.2, 0) is 6.54 Å². The van der Waals surface area contributed by atoms with Gasteiger partial charge in [0.15, 0.2) is 0 Å². The molecule has 0 aliphatic rings. The predicted octanol–water partition coefficient (Wildman–Crippen LogP) is 2.91. The van der Waals surface area contributed by atoms with Crippen LogP contribution >= 0.6 is 0 Å². The molecule has 4 nitrogen and oxygen atoms in total. The van der Waals surface area contributed by atoms with Crippen LogP contribution in [0.2, 0.25) is 0 Å². The van der Waals surface area contributed by atoms with E-state index in [1.807, 2.05) is 42.5 Å². The molecule has 0 saturated heterocycles. The van der Waals surface area contributed by atoms with Gasteiger partial charge in [-0.15, -0.1) is 6.42 Å². The number of carbonyl (C=O) groups is 1. The van der Waals surface area contributed by atoms with E-state index in [-0.39, 0.29) is 18.6 Å². The molecule has 2 aromatic carbocycles. The van der Waals surface area contributed by atoms with E-state index in [0.29, 0.717) is 12.1 Å². The van der Waals surface area contributed by atoms with Crippen LogP contribution in [-0.4, -0.2) is 19.6 Å². The zero-order valence-electron chi connectivity index (χ0n) is 14.0. The first-order valence-electron chi connectivity index (χ1n) is 7.84. The lowest BCUT2D eigenvalue weighted by Crippen LogP contribution is -2.20. The zero-order valence-corrected chi connectivity index (χ0v) is 14.0. The van der Waals surface area contributed by atoms with E-state index in [1.54, 1.807) is 13.1 Å². The van der Waals surface area contributed by atoms with Gasteiger partial charge < -0.3 is 15.4 Å². The largest absolute Gasteiger partial charge is 0.481 e. The minimum absolute atomic E-state index is 0.0764. The van der Waals surface area contributed by atoms with Crippen LogP contribution < -0.4 is 15.4 Å². The highest BCUT2D eigenvalue weighted by Gasteiger charge is 2.07. The Labute approximate surface area is 143 Å². The molecule has 124 valence electrons. The van der Waals surface area contributed by atoms with Crippen LogP contribution in [0, 0.1) is 12.3 Å². The third-order valence-electron chi connectivity index (χ3n) is 3.73. The Bertz CT molecular complexity index is 717. The number of benzene rings is 2. The van der Waals surface area contributed by atoms with Crippen molar-refractivity contribution in [3.8, 4) is 18.1 Å². The van der Waals surface area contributed by atoms with Crippen LogP contribution in [0.15, 0.2) is 48.5 Å². The number of carbonyl (C=O) groups excluding carboxylic acids is 1. The molecule has 0 aliphatic heterocycles. The minimum Gasteiger partial charge on any atom is -0.481 e. The number of hydrogen-bond acceptors (Lipinski definition) is 3. The van der Waals surface area contributed by atoms with E-state index in [0.717, 1.165) is 16.9 Å². The Kier molecular flexibility index (Phi) is 6.41. The molecule has 0 radical (unpaired) electrons. The van der Waals surface area contributed by atoms with Gasteiger partial charge in [-0.3, -0.25) is 4.79 Å². The highest BCUT2D eigenvalue weighted by atomic mass is 16.5. The molecule has 2 N–H and O–H groups in total. The van der Waals surface area contributed by atoms with Crippen molar-refractivity contribution in [3.63, 3.8) is 0 Å². The van der Waals surface area contributed by atoms with Crippen LogP contribution in [0.5, 0.6) is 5.75 Å². The second kappa shape index (κ2) is 8.76. The maximum atomic E-state index is 11.7. The van der Waals surface area contributed by atoms with Crippen molar-refractivity contribution in [2.75, 3.05) is 13.7 Å². The van der Waals surface area contributed by atoms with Crippen molar-refractivity contribution in [2.24, 2.45) is 0 Å². The lowest BCUT2D eigenvalue weighted by Gasteiger charge is -2.15. The van der Waals surface area contributed by atoms with E-state index in [4.69, 9.17) is 11.2 Å². The average molecular weight is 322 g/mol. The minimum atomic E-state index is -0.0764. The molecule has 0 bridgehead atoms. The summed E-state index contributed by atoms with van der Waals surface area (Å²) in [7, 11) is 1.63. The molecule has 2 aromatic rings. The van der Waals surface area contributed by atoms with E-state index in [9.17, 15) is 4.79 Å². The maximum absolute atomic E-state index is 11.7. The summed E-state index contributed by atoms with van der Waals surface area (Å²) >= 11 is 0. The molecule has 2 rings (SSSR count). The van der Waals surface area contributed by atoms with Crippen molar-refractivity contribution in [1.29, 1.82) is 0 Å². The van der Waals surface area contributed by atoms with Gasteiger partial charge in [0.2, 0.25) is 0 Å². The molecule has 0 heterocycles. The number of hydrogen-bond donors (Lipinski definition) is 2. The maximum Gasteiger partial charge on any atom is 0.251 e. The SMILES string of the molecule is C#CCOc1ccc([C@H](C)NCc2cccc(C(=O)NC)c2)cc1. The first-order valence-corrected chi connectivity index (χ1v) is 7.84. The Morgan fingerprint density at radius 2 is 2.00 bits per heavy atom. The quantitative estimate of drug-likeness (QED) is 0.771. The summed E-state index contributed by atoms with van der Waals surface area (Å²) in [5.41, 5.74) is 2.89. The number of terminal acetylenes is 1. The predicted molar refractivity (Wildman–Crippen MR) is 95.9 cm³/mol. The van der Waals surface area contributed by atoms with Gasteiger partial charge in [-0.1, -0.05) is 30.2 Å². The third kappa shape index (κ3) is 4.87. The van der Waals surface area contributed by atoms with Crippen LogP contribution in [0.1, 0.15) is 34.5 Å². The molecule has 4 heteroatoms. The molecule has 1 atom stereocenters. The van der Waals surface area contributed by atoms with Crippen LogP contribution in [0.4, 0.5) is 0 Å². The monoisotopic (exact) mass is 322 g/mol. The second-order valence-electron chi connectivity index (χ2n) is 5.44. The van der Waals surface area contributed by atoms with Crippen molar-refractivity contribution >= 4 is 5.91 Å². The third-order valence-corrected chi connectivity index (χ3v) is 3.73. The zero-order chi connectivity index (χ0) is 17.4. The summed E-state index contributed by atoms with van der Waals surface area (Å²) < 4.78 is 5.37.